The molecule has 0 spiro atoms. The Balaban J connectivity index is 2.16. The van der Waals surface area contributed by atoms with E-state index in [4.69, 9.17) is 23.8 Å². The third-order valence-corrected chi connectivity index (χ3v) is 4.06. The summed E-state index contributed by atoms with van der Waals surface area (Å²) < 4.78 is 4.58. The van der Waals surface area contributed by atoms with E-state index in [0.717, 1.165) is 22.3 Å². The van der Waals surface area contributed by atoms with Gasteiger partial charge in [0.2, 0.25) is 0 Å². The van der Waals surface area contributed by atoms with E-state index < -0.39 is 0 Å². The lowest BCUT2D eigenvalue weighted by atomic mass is 10.2. The van der Waals surface area contributed by atoms with Crippen molar-refractivity contribution in [2.24, 2.45) is 7.05 Å². The van der Waals surface area contributed by atoms with Crippen molar-refractivity contribution in [3.05, 3.63) is 45.4 Å². The highest BCUT2D eigenvalue weighted by molar-refractivity contribution is 7.71. The molecule has 3 aromatic rings. The molecule has 0 fully saturated rings. The van der Waals surface area contributed by atoms with Crippen LogP contribution in [0.4, 0.5) is 0 Å². The lowest BCUT2D eigenvalue weighted by Crippen LogP contribution is -2.01. The Hall–Kier alpha value is -1.59. The molecule has 6 heteroatoms. The molecule has 0 saturated carbocycles. The van der Waals surface area contributed by atoms with Crippen molar-refractivity contribution >= 4 is 34.9 Å². The molecule has 2 aromatic heterocycles. The number of aryl methyl sites for hydroxylation is 1. The third-order valence-electron chi connectivity index (χ3n) is 3.42. The van der Waals surface area contributed by atoms with Crippen LogP contribution in [0.15, 0.2) is 24.4 Å². The van der Waals surface area contributed by atoms with Crippen molar-refractivity contribution < 1.29 is 0 Å². The highest BCUT2D eigenvalue weighted by atomic mass is 35.5. The molecular formula is C13H13ClN4S. The number of para-hydroxylation sites is 1. The van der Waals surface area contributed by atoms with Gasteiger partial charge in [-0.25, -0.2) is 0 Å². The summed E-state index contributed by atoms with van der Waals surface area (Å²) in [6.45, 7) is 2.74. The molecular weight excluding hydrogens is 280 g/mol. The quantitative estimate of drug-likeness (QED) is 0.735. The molecule has 0 bridgehead atoms. The second-order valence-electron chi connectivity index (χ2n) is 4.53. The maximum absolute atomic E-state index is 6.17. The van der Waals surface area contributed by atoms with Crippen molar-refractivity contribution in [1.29, 1.82) is 0 Å². The van der Waals surface area contributed by atoms with Crippen LogP contribution < -0.4 is 0 Å². The van der Waals surface area contributed by atoms with Gasteiger partial charge in [-0.2, -0.15) is 5.10 Å². The molecule has 0 aliphatic rings. The predicted molar refractivity (Wildman–Crippen MR) is 79.2 cm³/mol. The zero-order chi connectivity index (χ0) is 13.6. The van der Waals surface area contributed by atoms with Crippen molar-refractivity contribution in [3.8, 4) is 0 Å². The van der Waals surface area contributed by atoms with Crippen LogP contribution in [-0.2, 0) is 13.6 Å². The highest BCUT2D eigenvalue weighted by Crippen LogP contribution is 2.23. The maximum Gasteiger partial charge on any atom is 0.178 e. The van der Waals surface area contributed by atoms with Crippen molar-refractivity contribution in [2.75, 3.05) is 0 Å². The van der Waals surface area contributed by atoms with E-state index in [9.17, 15) is 0 Å². The van der Waals surface area contributed by atoms with Gasteiger partial charge in [0.25, 0.3) is 0 Å². The standard InChI is InChI=1S/C13H13ClN4S/c1-8-9(6-15-17(8)2)7-18-11-5-3-4-10(14)12(11)16-13(18)19/h3-6H,7H2,1-2H3,(H,16,19). The molecule has 0 aliphatic heterocycles. The number of benzene rings is 1. The molecule has 0 radical (unpaired) electrons. The van der Waals surface area contributed by atoms with Crippen LogP contribution in [-0.4, -0.2) is 19.3 Å². The van der Waals surface area contributed by atoms with Crippen molar-refractivity contribution in [2.45, 2.75) is 13.5 Å². The second kappa shape index (κ2) is 4.51. The van der Waals surface area contributed by atoms with Crippen LogP contribution in [0.5, 0.6) is 0 Å². The first-order valence-corrected chi connectivity index (χ1v) is 6.71. The zero-order valence-electron chi connectivity index (χ0n) is 10.6. The van der Waals surface area contributed by atoms with Crippen LogP contribution in [0.1, 0.15) is 11.3 Å². The number of imidazole rings is 1. The van der Waals surface area contributed by atoms with Crippen LogP contribution in [0, 0.1) is 11.7 Å². The number of hydrogen-bond donors (Lipinski definition) is 1. The molecule has 2 heterocycles. The number of fused-ring (bicyclic) bond motifs is 1. The molecule has 3 rings (SSSR count). The summed E-state index contributed by atoms with van der Waals surface area (Å²) >= 11 is 11.6. The number of nitrogens with one attached hydrogen (secondary N) is 1. The molecule has 1 aromatic carbocycles. The molecule has 0 saturated heterocycles. The predicted octanol–water partition coefficient (Wildman–Crippen LogP) is 3.44. The van der Waals surface area contributed by atoms with Crippen molar-refractivity contribution in [1.82, 2.24) is 19.3 Å². The minimum atomic E-state index is 0.673. The van der Waals surface area contributed by atoms with Gasteiger partial charge in [-0.05, 0) is 31.3 Å². The van der Waals surface area contributed by atoms with E-state index in [2.05, 4.69) is 10.1 Å². The number of H-pyrrole nitrogens is 1. The van der Waals surface area contributed by atoms with Gasteiger partial charge in [0.1, 0.15) is 0 Å². The Morgan fingerprint density at radius 1 is 1.42 bits per heavy atom. The molecule has 4 nitrogen and oxygen atoms in total. The molecule has 0 amide bonds. The summed E-state index contributed by atoms with van der Waals surface area (Å²) in [7, 11) is 1.93. The molecule has 0 aliphatic carbocycles. The number of aromatic nitrogens is 4. The lowest BCUT2D eigenvalue weighted by Gasteiger charge is -2.04. The van der Waals surface area contributed by atoms with Crippen LogP contribution in [0.2, 0.25) is 5.02 Å². The molecule has 19 heavy (non-hydrogen) atoms. The number of rotatable bonds is 2. The number of hydrogen-bond acceptors (Lipinski definition) is 2. The average Bonchev–Trinajstić information content (AvgIpc) is 2.86. The zero-order valence-corrected chi connectivity index (χ0v) is 12.2. The van der Waals surface area contributed by atoms with Gasteiger partial charge >= 0.3 is 0 Å². The van der Waals surface area contributed by atoms with Gasteiger partial charge in [0.15, 0.2) is 4.77 Å². The van der Waals surface area contributed by atoms with Crippen LogP contribution >= 0.6 is 23.8 Å². The van der Waals surface area contributed by atoms with E-state index in [0.29, 0.717) is 16.3 Å². The average molecular weight is 293 g/mol. The molecule has 0 unspecified atom stereocenters. The van der Waals surface area contributed by atoms with Crippen LogP contribution in [0.3, 0.4) is 0 Å². The van der Waals surface area contributed by atoms with Crippen molar-refractivity contribution in [3.63, 3.8) is 0 Å². The summed E-state index contributed by atoms with van der Waals surface area (Å²) in [6.07, 6.45) is 1.88. The van der Waals surface area contributed by atoms with Gasteiger partial charge in [0.05, 0.1) is 28.8 Å². The summed E-state index contributed by atoms with van der Waals surface area (Å²) in [5.41, 5.74) is 4.19. The van der Waals surface area contributed by atoms with E-state index in [1.807, 2.05) is 47.6 Å². The van der Waals surface area contributed by atoms with Gasteiger partial charge in [-0.3, -0.25) is 4.68 Å². The summed E-state index contributed by atoms with van der Waals surface area (Å²) in [4.78, 5) is 3.16. The first-order valence-electron chi connectivity index (χ1n) is 5.92. The Kier molecular flexibility index (Phi) is 2.95. The summed E-state index contributed by atoms with van der Waals surface area (Å²) in [5, 5.41) is 4.94. The topological polar surface area (TPSA) is 38.5 Å². The number of aromatic amines is 1. The van der Waals surface area contributed by atoms with E-state index in [1.54, 1.807) is 0 Å². The maximum atomic E-state index is 6.17. The fraction of sp³-hybridized carbons (Fsp3) is 0.231. The highest BCUT2D eigenvalue weighted by Gasteiger charge is 2.10. The largest absolute Gasteiger partial charge is 0.329 e. The van der Waals surface area contributed by atoms with Crippen LogP contribution in [0.25, 0.3) is 11.0 Å². The summed E-state index contributed by atoms with van der Waals surface area (Å²) in [6, 6.07) is 5.80. The Bertz CT molecular complexity index is 812. The van der Waals surface area contributed by atoms with Gasteiger partial charge in [-0.1, -0.05) is 17.7 Å². The van der Waals surface area contributed by atoms with Gasteiger partial charge in [0, 0.05) is 18.3 Å². The number of nitrogens with zero attached hydrogens (tertiary/aromatic N) is 3. The molecule has 0 atom stereocenters. The van der Waals surface area contributed by atoms with Gasteiger partial charge < -0.3 is 9.55 Å². The molecule has 1 N–H and O–H groups in total. The fourth-order valence-corrected chi connectivity index (χ4v) is 2.65. The Labute approximate surface area is 120 Å². The second-order valence-corrected chi connectivity index (χ2v) is 5.32. The monoisotopic (exact) mass is 292 g/mol. The van der Waals surface area contributed by atoms with E-state index >= 15 is 0 Å². The first kappa shape index (κ1) is 12.4. The minimum absolute atomic E-state index is 0.673. The Morgan fingerprint density at radius 3 is 2.89 bits per heavy atom. The normalized spacial score (nSPS) is 11.3. The first-order chi connectivity index (χ1) is 9.08. The smallest absolute Gasteiger partial charge is 0.178 e. The SMILES string of the molecule is Cc1c(Cn2c(=S)[nH]c3c(Cl)cccc32)cnn1C. The fourth-order valence-electron chi connectivity index (χ4n) is 2.17. The third kappa shape index (κ3) is 1.99. The number of halogens is 1. The van der Waals surface area contributed by atoms with E-state index in [-0.39, 0.29) is 0 Å². The molecule has 98 valence electrons. The summed E-state index contributed by atoms with van der Waals surface area (Å²) in [5.74, 6) is 0. The minimum Gasteiger partial charge on any atom is -0.329 e. The van der Waals surface area contributed by atoms with Gasteiger partial charge in [-0.15, -0.1) is 0 Å². The van der Waals surface area contributed by atoms with E-state index in [1.165, 1.54) is 0 Å². The Morgan fingerprint density at radius 2 is 2.21 bits per heavy atom. The lowest BCUT2D eigenvalue weighted by molar-refractivity contribution is 0.732.